The van der Waals surface area contributed by atoms with Gasteiger partial charge in [0.05, 0.1) is 6.20 Å². The van der Waals surface area contributed by atoms with Crippen LogP contribution in [0.5, 0.6) is 0 Å². The number of anilines is 2. The Hall–Kier alpha value is -3.02. The highest BCUT2D eigenvalue weighted by Crippen LogP contribution is 2.08. The minimum absolute atomic E-state index is 0.505. The standard InChI is InChI=1S/C17H18N6/c1-13-2-4-14(5-3-13)11-20-17-22-16(12-21-23-17)19-10-15-6-8-18-9-7-15/h2-9,12H,10-11H2,1H3,(H2,19,20,22,23). The van der Waals surface area contributed by atoms with Gasteiger partial charge >= 0.3 is 0 Å². The van der Waals surface area contributed by atoms with Crippen LogP contribution >= 0.6 is 0 Å². The van der Waals surface area contributed by atoms with E-state index in [1.54, 1.807) is 18.6 Å². The fourth-order valence-electron chi connectivity index (χ4n) is 2.04. The van der Waals surface area contributed by atoms with Crippen molar-refractivity contribution < 1.29 is 0 Å². The highest BCUT2D eigenvalue weighted by molar-refractivity contribution is 5.38. The van der Waals surface area contributed by atoms with Crippen molar-refractivity contribution in [2.75, 3.05) is 10.6 Å². The van der Waals surface area contributed by atoms with E-state index in [2.05, 4.69) is 62.0 Å². The van der Waals surface area contributed by atoms with Gasteiger partial charge in [-0.25, -0.2) is 0 Å². The minimum atomic E-state index is 0.505. The molecule has 0 fully saturated rings. The van der Waals surface area contributed by atoms with Gasteiger partial charge in [-0.1, -0.05) is 29.8 Å². The third-order valence-corrected chi connectivity index (χ3v) is 3.35. The van der Waals surface area contributed by atoms with Crippen molar-refractivity contribution in [3.8, 4) is 0 Å². The van der Waals surface area contributed by atoms with Crippen molar-refractivity contribution in [2.45, 2.75) is 20.0 Å². The van der Waals surface area contributed by atoms with E-state index in [-0.39, 0.29) is 0 Å². The zero-order valence-corrected chi connectivity index (χ0v) is 12.9. The largest absolute Gasteiger partial charge is 0.365 e. The molecular weight excluding hydrogens is 288 g/mol. The number of aryl methyl sites for hydroxylation is 1. The fraction of sp³-hybridized carbons (Fsp3) is 0.176. The predicted octanol–water partition coefficient (Wildman–Crippen LogP) is 2.80. The van der Waals surface area contributed by atoms with Crippen LogP contribution in [-0.2, 0) is 13.1 Å². The van der Waals surface area contributed by atoms with Crippen molar-refractivity contribution in [1.29, 1.82) is 0 Å². The molecule has 2 N–H and O–H groups in total. The summed E-state index contributed by atoms with van der Waals surface area (Å²) in [6, 6.07) is 12.3. The molecule has 0 radical (unpaired) electrons. The van der Waals surface area contributed by atoms with Crippen molar-refractivity contribution >= 4 is 11.8 Å². The lowest BCUT2D eigenvalue weighted by atomic mass is 10.1. The zero-order chi connectivity index (χ0) is 15.9. The monoisotopic (exact) mass is 306 g/mol. The number of aromatic nitrogens is 4. The van der Waals surface area contributed by atoms with Gasteiger partial charge in [0.25, 0.3) is 0 Å². The second-order valence-electron chi connectivity index (χ2n) is 5.21. The Labute approximate surface area is 135 Å². The first-order chi connectivity index (χ1) is 11.3. The molecule has 0 spiro atoms. The van der Waals surface area contributed by atoms with Crippen molar-refractivity contribution in [3.05, 3.63) is 71.7 Å². The number of hydrogen-bond acceptors (Lipinski definition) is 6. The van der Waals surface area contributed by atoms with E-state index in [1.807, 2.05) is 12.1 Å². The summed E-state index contributed by atoms with van der Waals surface area (Å²) in [5.41, 5.74) is 3.55. The molecule has 0 bridgehead atoms. The van der Waals surface area contributed by atoms with Gasteiger partial charge in [-0.3, -0.25) is 4.98 Å². The number of nitrogens with zero attached hydrogens (tertiary/aromatic N) is 4. The Morgan fingerprint density at radius 1 is 0.870 bits per heavy atom. The van der Waals surface area contributed by atoms with Crippen LogP contribution in [-0.4, -0.2) is 20.2 Å². The second-order valence-corrected chi connectivity index (χ2v) is 5.21. The molecule has 2 heterocycles. The van der Waals surface area contributed by atoms with Gasteiger partial charge in [0, 0.05) is 25.5 Å². The molecule has 0 aliphatic rings. The molecule has 0 aliphatic carbocycles. The van der Waals surface area contributed by atoms with Crippen molar-refractivity contribution in [3.63, 3.8) is 0 Å². The van der Waals surface area contributed by atoms with Crippen LogP contribution in [0.15, 0.2) is 55.0 Å². The maximum atomic E-state index is 4.41. The third kappa shape index (κ3) is 4.47. The highest BCUT2D eigenvalue weighted by atomic mass is 15.3. The van der Waals surface area contributed by atoms with Gasteiger partial charge in [-0.05, 0) is 30.2 Å². The van der Waals surface area contributed by atoms with E-state index in [1.165, 1.54) is 11.1 Å². The smallest absolute Gasteiger partial charge is 0.244 e. The number of hydrogen-bond donors (Lipinski definition) is 2. The van der Waals surface area contributed by atoms with Crippen LogP contribution in [0.25, 0.3) is 0 Å². The summed E-state index contributed by atoms with van der Waals surface area (Å²) in [6.07, 6.45) is 5.14. The maximum Gasteiger partial charge on any atom is 0.244 e. The lowest BCUT2D eigenvalue weighted by Crippen LogP contribution is -2.08. The van der Waals surface area contributed by atoms with E-state index in [4.69, 9.17) is 0 Å². The number of rotatable bonds is 6. The van der Waals surface area contributed by atoms with Gasteiger partial charge in [0.1, 0.15) is 0 Å². The molecule has 3 aromatic rings. The quantitative estimate of drug-likeness (QED) is 0.729. The number of benzene rings is 1. The van der Waals surface area contributed by atoms with Crippen LogP contribution in [0.4, 0.5) is 11.8 Å². The number of nitrogens with one attached hydrogen (secondary N) is 2. The van der Waals surface area contributed by atoms with E-state index in [0.717, 1.165) is 5.56 Å². The third-order valence-electron chi connectivity index (χ3n) is 3.35. The molecule has 0 amide bonds. The molecule has 0 saturated carbocycles. The highest BCUT2D eigenvalue weighted by Gasteiger charge is 2.01. The van der Waals surface area contributed by atoms with Gasteiger partial charge in [0.2, 0.25) is 5.95 Å². The Morgan fingerprint density at radius 3 is 2.35 bits per heavy atom. The van der Waals surface area contributed by atoms with E-state index in [9.17, 15) is 0 Å². The molecule has 0 atom stereocenters. The summed E-state index contributed by atoms with van der Waals surface area (Å²) in [7, 11) is 0. The SMILES string of the molecule is Cc1ccc(CNc2nncc(NCc3ccncc3)n2)cc1. The molecule has 1 aromatic carbocycles. The summed E-state index contributed by atoms with van der Waals surface area (Å²) in [4.78, 5) is 8.41. The van der Waals surface area contributed by atoms with Gasteiger partial charge < -0.3 is 10.6 Å². The summed E-state index contributed by atoms with van der Waals surface area (Å²) >= 11 is 0. The number of pyridine rings is 1. The van der Waals surface area contributed by atoms with Crippen LogP contribution in [0.2, 0.25) is 0 Å². The summed E-state index contributed by atoms with van der Waals surface area (Å²) in [6.45, 7) is 3.40. The second kappa shape index (κ2) is 7.31. The molecule has 6 nitrogen and oxygen atoms in total. The van der Waals surface area contributed by atoms with E-state index >= 15 is 0 Å². The molecule has 3 rings (SSSR count). The molecule has 0 saturated heterocycles. The Balaban J connectivity index is 1.57. The zero-order valence-electron chi connectivity index (χ0n) is 12.9. The average Bonchev–Trinajstić information content (AvgIpc) is 2.61. The summed E-state index contributed by atoms with van der Waals surface area (Å²) in [5, 5.41) is 14.4. The maximum absolute atomic E-state index is 4.41. The Bertz CT molecular complexity index is 743. The first-order valence-corrected chi connectivity index (χ1v) is 7.41. The molecule has 6 heteroatoms. The van der Waals surface area contributed by atoms with Crippen LogP contribution < -0.4 is 10.6 Å². The lowest BCUT2D eigenvalue weighted by Gasteiger charge is -2.08. The average molecular weight is 306 g/mol. The minimum Gasteiger partial charge on any atom is -0.365 e. The Morgan fingerprint density at radius 2 is 1.57 bits per heavy atom. The molecular formula is C17H18N6. The van der Waals surface area contributed by atoms with E-state index < -0.39 is 0 Å². The molecule has 2 aromatic heterocycles. The first kappa shape index (κ1) is 14.9. The molecule has 23 heavy (non-hydrogen) atoms. The van der Waals surface area contributed by atoms with Crippen LogP contribution in [0.1, 0.15) is 16.7 Å². The molecule has 0 unspecified atom stereocenters. The van der Waals surface area contributed by atoms with Gasteiger partial charge in [0.15, 0.2) is 5.82 Å². The van der Waals surface area contributed by atoms with Crippen molar-refractivity contribution in [1.82, 2.24) is 20.2 Å². The summed E-state index contributed by atoms with van der Waals surface area (Å²) in [5.74, 6) is 1.19. The van der Waals surface area contributed by atoms with Crippen molar-refractivity contribution in [2.24, 2.45) is 0 Å². The molecule has 0 aliphatic heterocycles. The normalized spacial score (nSPS) is 10.3. The van der Waals surface area contributed by atoms with E-state index in [0.29, 0.717) is 24.9 Å². The Kier molecular flexibility index (Phi) is 4.73. The first-order valence-electron chi connectivity index (χ1n) is 7.41. The fourth-order valence-corrected chi connectivity index (χ4v) is 2.04. The topological polar surface area (TPSA) is 75.6 Å². The van der Waals surface area contributed by atoms with Crippen LogP contribution in [0.3, 0.4) is 0 Å². The predicted molar refractivity (Wildman–Crippen MR) is 89.9 cm³/mol. The summed E-state index contributed by atoms with van der Waals surface area (Å²) < 4.78 is 0. The lowest BCUT2D eigenvalue weighted by molar-refractivity contribution is 0.937. The van der Waals surface area contributed by atoms with Gasteiger partial charge in [-0.2, -0.15) is 10.1 Å². The van der Waals surface area contributed by atoms with Gasteiger partial charge in [-0.15, -0.1) is 5.10 Å². The van der Waals surface area contributed by atoms with Crippen LogP contribution in [0, 0.1) is 6.92 Å². The molecule has 116 valence electrons.